The predicted octanol–water partition coefficient (Wildman–Crippen LogP) is 1.11. The van der Waals surface area contributed by atoms with Gasteiger partial charge in [0.2, 0.25) is 11.8 Å². The predicted molar refractivity (Wildman–Crippen MR) is 120 cm³/mol. The van der Waals surface area contributed by atoms with Crippen LogP contribution < -0.4 is 10.6 Å². The van der Waals surface area contributed by atoms with Gasteiger partial charge in [0.1, 0.15) is 0 Å². The van der Waals surface area contributed by atoms with E-state index in [1.165, 1.54) is 14.2 Å². The number of hydrogen-bond acceptors (Lipinski definition) is 7. The molecule has 0 aliphatic heterocycles. The van der Waals surface area contributed by atoms with Crippen LogP contribution >= 0.6 is 0 Å². The molecule has 0 aromatic rings. The van der Waals surface area contributed by atoms with Crippen molar-refractivity contribution in [3.05, 3.63) is 0 Å². The molecule has 0 spiro atoms. The van der Waals surface area contributed by atoms with Gasteiger partial charge in [-0.25, -0.2) is 0 Å². The number of carboxylic acid groups (broad SMARTS) is 2. The largest absolute Gasteiger partial charge is 0.500 e. The third-order valence-corrected chi connectivity index (χ3v) is 9.01. The van der Waals surface area contributed by atoms with E-state index in [-0.39, 0.29) is 19.4 Å². The second kappa shape index (κ2) is 14.3. The molecule has 1 rings (SSSR count). The maximum absolute atomic E-state index is 12.8. The number of carbonyl (C=O) groups is 4. The van der Waals surface area contributed by atoms with Crippen LogP contribution in [0.3, 0.4) is 0 Å². The normalized spacial score (nSPS) is 23.0. The quantitative estimate of drug-likeness (QED) is 0.195. The highest BCUT2D eigenvalue weighted by molar-refractivity contribution is 6.60. The molecule has 2 amide bonds. The van der Waals surface area contributed by atoms with Gasteiger partial charge in [0, 0.05) is 40.0 Å². The van der Waals surface area contributed by atoms with Gasteiger partial charge in [0.25, 0.3) is 0 Å². The summed E-state index contributed by atoms with van der Waals surface area (Å²) in [5.41, 5.74) is 0. The van der Waals surface area contributed by atoms with E-state index in [1.807, 2.05) is 13.8 Å². The van der Waals surface area contributed by atoms with Gasteiger partial charge in [0.05, 0.1) is 23.7 Å². The summed E-state index contributed by atoms with van der Waals surface area (Å²) >= 11 is 0. The molecule has 4 unspecified atom stereocenters. The van der Waals surface area contributed by atoms with Crippen molar-refractivity contribution < 1.29 is 42.7 Å². The van der Waals surface area contributed by atoms with Crippen LogP contribution in [0.4, 0.5) is 0 Å². The lowest BCUT2D eigenvalue weighted by atomic mass is 9.67. The molecule has 0 radical (unpaired) electrons. The minimum absolute atomic E-state index is 0.198. The Morgan fingerprint density at radius 1 is 0.818 bits per heavy atom. The van der Waals surface area contributed by atoms with Crippen LogP contribution in [0.5, 0.6) is 0 Å². The molecule has 190 valence electrons. The van der Waals surface area contributed by atoms with Crippen LogP contribution in [0.1, 0.15) is 46.0 Å². The van der Waals surface area contributed by atoms with Crippen molar-refractivity contribution in [3.63, 3.8) is 0 Å². The Bertz CT molecular complexity index is 672. The minimum Gasteiger partial charge on any atom is -0.481 e. The van der Waals surface area contributed by atoms with Crippen molar-refractivity contribution in [2.45, 2.75) is 52.0 Å². The van der Waals surface area contributed by atoms with E-state index in [4.69, 9.17) is 13.3 Å². The second-order valence-electron chi connectivity index (χ2n) is 8.14. The van der Waals surface area contributed by atoms with Gasteiger partial charge in [-0.2, -0.15) is 0 Å². The van der Waals surface area contributed by atoms with Gasteiger partial charge in [-0.3, -0.25) is 19.2 Å². The Morgan fingerprint density at radius 3 is 1.64 bits per heavy atom. The summed E-state index contributed by atoms with van der Waals surface area (Å²) in [6.07, 6.45) is 1.67. The van der Waals surface area contributed by atoms with Crippen LogP contribution in [0.15, 0.2) is 0 Å². The van der Waals surface area contributed by atoms with Crippen LogP contribution in [0.25, 0.3) is 0 Å². The molecule has 12 heteroatoms. The number of unbranched alkanes of at least 4 members (excludes halogenated alkanes) is 1. The molecule has 33 heavy (non-hydrogen) atoms. The molecule has 1 aliphatic rings. The highest BCUT2D eigenvalue weighted by atomic mass is 28.4. The number of aliphatic carboxylic acids is 2. The van der Waals surface area contributed by atoms with E-state index < -0.39 is 56.2 Å². The maximum atomic E-state index is 12.8. The molecule has 1 saturated carbocycles. The van der Waals surface area contributed by atoms with Crippen molar-refractivity contribution in [3.8, 4) is 0 Å². The van der Waals surface area contributed by atoms with E-state index >= 15 is 0 Å². The first-order chi connectivity index (χ1) is 15.7. The highest BCUT2D eigenvalue weighted by Gasteiger charge is 2.48. The average molecular weight is 491 g/mol. The van der Waals surface area contributed by atoms with Gasteiger partial charge in [0.15, 0.2) is 0 Å². The van der Waals surface area contributed by atoms with Crippen molar-refractivity contribution in [2.75, 3.05) is 33.9 Å². The Balaban J connectivity index is 2.81. The van der Waals surface area contributed by atoms with E-state index in [0.717, 1.165) is 12.8 Å². The number of carboxylic acids is 2. The Morgan fingerprint density at radius 2 is 1.27 bits per heavy atom. The summed E-state index contributed by atoms with van der Waals surface area (Å²) in [4.78, 5) is 49.1. The zero-order valence-corrected chi connectivity index (χ0v) is 20.9. The lowest BCUT2D eigenvalue weighted by molar-refractivity contribution is -0.159. The first kappa shape index (κ1) is 29.0. The molecule has 1 fully saturated rings. The fraction of sp³-hybridized carbons (Fsp3) is 0.810. The van der Waals surface area contributed by atoms with Gasteiger partial charge in [-0.1, -0.05) is 13.3 Å². The molecule has 4 atom stereocenters. The maximum Gasteiger partial charge on any atom is 0.500 e. The minimum atomic E-state index is -2.82. The average Bonchev–Trinajstić information content (AvgIpc) is 2.79. The SMILES string of the molecule is CCCCNC(=O)C1CC(C(=O)O)C(C(=O)NCCC[Si](OC)(OC)OCC)CC1C(=O)O. The van der Waals surface area contributed by atoms with Crippen molar-refractivity contribution in [1.82, 2.24) is 10.6 Å². The van der Waals surface area contributed by atoms with E-state index in [9.17, 15) is 29.4 Å². The molecular weight excluding hydrogens is 452 g/mol. The zero-order chi connectivity index (χ0) is 25.0. The Hall–Kier alpha value is -2.02. The first-order valence-corrected chi connectivity index (χ1v) is 13.3. The summed E-state index contributed by atoms with van der Waals surface area (Å²) in [6.45, 7) is 4.84. The van der Waals surface area contributed by atoms with E-state index in [0.29, 0.717) is 25.6 Å². The topological polar surface area (TPSA) is 160 Å². The summed E-state index contributed by atoms with van der Waals surface area (Å²) in [6, 6.07) is 0.457. The molecule has 0 heterocycles. The second-order valence-corrected chi connectivity index (χ2v) is 11.1. The Labute approximate surface area is 195 Å². The summed E-state index contributed by atoms with van der Waals surface area (Å²) in [7, 11) is 0.193. The number of rotatable bonds is 15. The first-order valence-electron chi connectivity index (χ1n) is 11.4. The van der Waals surface area contributed by atoms with Crippen molar-refractivity contribution in [1.29, 1.82) is 0 Å². The third-order valence-electron chi connectivity index (χ3n) is 6.07. The smallest absolute Gasteiger partial charge is 0.481 e. The highest BCUT2D eigenvalue weighted by Crippen LogP contribution is 2.39. The summed E-state index contributed by atoms with van der Waals surface area (Å²) < 4.78 is 16.4. The lowest BCUT2D eigenvalue weighted by Crippen LogP contribution is -2.50. The van der Waals surface area contributed by atoms with Crippen LogP contribution in [0.2, 0.25) is 6.04 Å². The van der Waals surface area contributed by atoms with Crippen LogP contribution in [-0.4, -0.2) is 76.7 Å². The number of nitrogens with one attached hydrogen (secondary N) is 2. The summed E-state index contributed by atoms with van der Waals surface area (Å²) in [5.74, 6) is -7.73. The van der Waals surface area contributed by atoms with Gasteiger partial charge in [-0.05, 0) is 32.6 Å². The monoisotopic (exact) mass is 490 g/mol. The third kappa shape index (κ3) is 8.36. The molecule has 4 N–H and O–H groups in total. The number of carbonyl (C=O) groups excluding carboxylic acids is 2. The van der Waals surface area contributed by atoms with Gasteiger partial charge >= 0.3 is 20.7 Å². The molecule has 0 bridgehead atoms. The zero-order valence-electron chi connectivity index (χ0n) is 19.9. The van der Waals surface area contributed by atoms with E-state index in [1.54, 1.807) is 0 Å². The van der Waals surface area contributed by atoms with Crippen LogP contribution in [-0.2, 0) is 32.5 Å². The van der Waals surface area contributed by atoms with Gasteiger partial charge in [-0.15, -0.1) is 0 Å². The molecule has 0 aromatic heterocycles. The number of hydrogen-bond donors (Lipinski definition) is 4. The molecular formula is C21H38N2O9Si. The summed E-state index contributed by atoms with van der Waals surface area (Å²) in [5, 5.41) is 24.8. The fourth-order valence-electron chi connectivity index (χ4n) is 4.19. The Kier molecular flexibility index (Phi) is 12.6. The lowest BCUT2D eigenvalue weighted by Gasteiger charge is -2.36. The van der Waals surface area contributed by atoms with Crippen molar-refractivity contribution >= 4 is 32.6 Å². The van der Waals surface area contributed by atoms with Gasteiger partial charge < -0.3 is 34.1 Å². The van der Waals surface area contributed by atoms with Crippen molar-refractivity contribution in [2.24, 2.45) is 23.7 Å². The molecule has 0 aromatic carbocycles. The number of amides is 2. The standard InChI is InChI=1S/C21H38N2O9Si/c1-5-7-9-22-18(24)14-12-17(21(28)29)15(13-16(14)20(26)27)19(25)23-10-8-11-33(30-3,31-4)32-6-2/h14-17H,5-13H2,1-4H3,(H,22,24)(H,23,25)(H,26,27)(H,28,29). The molecule has 0 saturated heterocycles. The van der Waals surface area contributed by atoms with E-state index in [2.05, 4.69) is 10.6 Å². The molecule has 1 aliphatic carbocycles. The molecule has 11 nitrogen and oxygen atoms in total. The fourth-order valence-corrected chi connectivity index (χ4v) is 6.20. The van der Waals surface area contributed by atoms with Crippen LogP contribution in [0, 0.1) is 23.7 Å².